The largest absolute Gasteiger partial charge is 0.481 e. The van der Waals surface area contributed by atoms with Crippen molar-refractivity contribution in [2.45, 2.75) is 26.2 Å². The first kappa shape index (κ1) is 13.4. The van der Waals surface area contributed by atoms with Crippen molar-refractivity contribution < 1.29 is 24.6 Å². The van der Waals surface area contributed by atoms with Crippen LogP contribution in [0.25, 0.3) is 0 Å². The molecule has 6 nitrogen and oxygen atoms in total. The van der Waals surface area contributed by atoms with Gasteiger partial charge in [-0.2, -0.15) is 0 Å². The fourth-order valence-electron chi connectivity index (χ4n) is 1.10. The van der Waals surface area contributed by atoms with Crippen LogP contribution in [0.5, 0.6) is 0 Å². The maximum atomic E-state index is 11.4. The Hall–Kier alpha value is -1.59. The first-order chi connectivity index (χ1) is 6.97. The Balaban J connectivity index is 4.15. The maximum absolute atomic E-state index is 11.4. The third kappa shape index (κ3) is 6.48. The second kappa shape index (κ2) is 6.80. The van der Waals surface area contributed by atoms with E-state index in [-0.39, 0.29) is 19.4 Å². The number of aliphatic carboxylic acids is 2. The van der Waals surface area contributed by atoms with Crippen molar-refractivity contribution in [1.29, 1.82) is 0 Å². The molecule has 6 heteroatoms. The van der Waals surface area contributed by atoms with E-state index in [1.54, 1.807) is 0 Å². The van der Waals surface area contributed by atoms with Crippen LogP contribution in [0.15, 0.2) is 0 Å². The molecule has 0 aromatic rings. The van der Waals surface area contributed by atoms with Gasteiger partial charge in [-0.3, -0.25) is 14.4 Å². The van der Waals surface area contributed by atoms with Crippen molar-refractivity contribution in [2.75, 3.05) is 13.1 Å². The van der Waals surface area contributed by atoms with Gasteiger partial charge >= 0.3 is 11.9 Å². The minimum Gasteiger partial charge on any atom is -0.481 e. The number of carbonyl (C=O) groups is 3. The summed E-state index contributed by atoms with van der Waals surface area (Å²) in [7, 11) is 0. The first-order valence-corrected chi connectivity index (χ1v) is 4.68. The summed E-state index contributed by atoms with van der Waals surface area (Å²) in [6, 6.07) is 0. The number of hydrogen-bond acceptors (Lipinski definition) is 3. The highest BCUT2D eigenvalue weighted by atomic mass is 16.4. The topological polar surface area (TPSA) is 94.9 Å². The van der Waals surface area contributed by atoms with E-state index in [2.05, 4.69) is 0 Å². The zero-order valence-electron chi connectivity index (χ0n) is 8.60. The second-order valence-electron chi connectivity index (χ2n) is 3.10. The Labute approximate surface area is 87.5 Å². The number of hydrogen-bond donors (Lipinski definition) is 2. The van der Waals surface area contributed by atoms with Crippen LogP contribution in [0.2, 0.25) is 0 Å². The van der Waals surface area contributed by atoms with Gasteiger partial charge in [-0.15, -0.1) is 0 Å². The van der Waals surface area contributed by atoms with Gasteiger partial charge in [-0.05, 0) is 6.42 Å². The Kier molecular flexibility index (Phi) is 6.08. The molecule has 0 radical (unpaired) electrons. The van der Waals surface area contributed by atoms with E-state index < -0.39 is 17.8 Å². The third-order valence-electron chi connectivity index (χ3n) is 1.73. The summed E-state index contributed by atoms with van der Waals surface area (Å²) in [6.07, 6.45) is 0.230. The molecule has 0 saturated heterocycles. The summed E-state index contributed by atoms with van der Waals surface area (Å²) < 4.78 is 0. The zero-order chi connectivity index (χ0) is 11.8. The van der Waals surface area contributed by atoms with Crippen LogP contribution in [0.4, 0.5) is 0 Å². The number of carboxylic acids is 2. The van der Waals surface area contributed by atoms with Gasteiger partial charge in [-0.1, -0.05) is 6.92 Å². The van der Waals surface area contributed by atoms with Gasteiger partial charge in [0.05, 0.1) is 6.42 Å². The number of amides is 1. The van der Waals surface area contributed by atoms with Gasteiger partial charge in [0.15, 0.2) is 0 Å². The Bertz CT molecular complexity index is 251. The second-order valence-corrected chi connectivity index (χ2v) is 3.10. The van der Waals surface area contributed by atoms with Crippen molar-refractivity contribution in [3.8, 4) is 0 Å². The highest BCUT2D eigenvalue weighted by Gasteiger charge is 2.16. The quantitative estimate of drug-likeness (QED) is 0.634. The summed E-state index contributed by atoms with van der Waals surface area (Å²) in [5.41, 5.74) is 0. The lowest BCUT2D eigenvalue weighted by molar-refractivity contribution is -0.145. The van der Waals surface area contributed by atoms with Crippen LogP contribution >= 0.6 is 0 Å². The molecule has 0 aliphatic carbocycles. The monoisotopic (exact) mass is 217 g/mol. The lowest BCUT2D eigenvalue weighted by Gasteiger charge is -2.19. The highest BCUT2D eigenvalue weighted by Crippen LogP contribution is 1.99. The number of carboxylic acid groups (broad SMARTS) is 2. The van der Waals surface area contributed by atoms with Gasteiger partial charge < -0.3 is 15.1 Å². The molecule has 86 valence electrons. The fraction of sp³-hybridized carbons (Fsp3) is 0.667. The van der Waals surface area contributed by atoms with Gasteiger partial charge in [0.25, 0.3) is 0 Å². The van der Waals surface area contributed by atoms with E-state index in [9.17, 15) is 14.4 Å². The average molecular weight is 217 g/mol. The predicted octanol–water partition coefficient (Wildman–Crippen LogP) is 0.174. The summed E-state index contributed by atoms with van der Waals surface area (Å²) >= 11 is 0. The van der Waals surface area contributed by atoms with Gasteiger partial charge in [0, 0.05) is 13.0 Å². The Morgan fingerprint density at radius 3 is 2.07 bits per heavy atom. The van der Waals surface area contributed by atoms with Crippen molar-refractivity contribution in [2.24, 2.45) is 0 Å². The standard InChI is InChI=1S/C9H15NO5/c1-2-5-10(6-9(14)15)7(11)3-4-8(12)13/h2-6H2,1H3,(H,12,13)(H,14,15). The van der Waals surface area contributed by atoms with E-state index in [1.165, 1.54) is 0 Å². The molecule has 0 spiro atoms. The predicted molar refractivity (Wildman–Crippen MR) is 51.4 cm³/mol. The molecule has 0 unspecified atom stereocenters. The molecule has 0 rings (SSSR count). The summed E-state index contributed by atoms with van der Waals surface area (Å²) in [6.45, 7) is 1.79. The van der Waals surface area contributed by atoms with Crippen molar-refractivity contribution in [3.63, 3.8) is 0 Å². The molecule has 2 N–H and O–H groups in total. The minimum atomic E-state index is -1.09. The molecule has 1 amide bonds. The van der Waals surface area contributed by atoms with Crippen molar-refractivity contribution in [1.82, 2.24) is 4.90 Å². The van der Waals surface area contributed by atoms with Crippen LogP contribution in [0.1, 0.15) is 26.2 Å². The molecule has 15 heavy (non-hydrogen) atoms. The van der Waals surface area contributed by atoms with E-state index in [0.29, 0.717) is 13.0 Å². The zero-order valence-corrected chi connectivity index (χ0v) is 8.60. The molecule has 0 aliphatic heterocycles. The maximum Gasteiger partial charge on any atom is 0.323 e. The molecule has 0 aromatic heterocycles. The summed E-state index contributed by atoms with van der Waals surface area (Å²) in [4.78, 5) is 33.2. The normalized spacial score (nSPS) is 9.67. The average Bonchev–Trinajstić information content (AvgIpc) is 2.12. The minimum absolute atomic E-state index is 0.150. The van der Waals surface area contributed by atoms with Crippen LogP contribution in [0, 0.1) is 0 Å². The van der Waals surface area contributed by atoms with Crippen molar-refractivity contribution in [3.05, 3.63) is 0 Å². The van der Waals surface area contributed by atoms with E-state index in [1.807, 2.05) is 6.92 Å². The van der Waals surface area contributed by atoms with Crippen molar-refractivity contribution >= 4 is 17.8 Å². The van der Waals surface area contributed by atoms with Gasteiger partial charge in [0.2, 0.25) is 5.91 Å². The van der Waals surface area contributed by atoms with E-state index in [0.717, 1.165) is 4.90 Å². The van der Waals surface area contributed by atoms with E-state index >= 15 is 0 Å². The molecule has 0 bridgehead atoms. The number of carbonyl (C=O) groups excluding carboxylic acids is 1. The van der Waals surface area contributed by atoms with Crippen LogP contribution in [0.3, 0.4) is 0 Å². The molecular weight excluding hydrogens is 202 g/mol. The summed E-state index contributed by atoms with van der Waals surface area (Å²) in [5.74, 6) is -2.58. The molecular formula is C9H15NO5. The van der Waals surface area contributed by atoms with Crippen LogP contribution < -0.4 is 0 Å². The third-order valence-corrected chi connectivity index (χ3v) is 1.73. The first-order valence-electron chi connectivity index (χ1n) is 4.68. The Morgan fingerprint density at radius 2 is 1.67 bits per heavy atom. The number of rotatable bonds is 7. The number of nitrogens with zero attached hydrogens (tertiary/aromatic N) is 1. The molecule has 0 heterocycles. The molecule has 0 atom stereocenters. The lowest BCUT2D eigenvalue weighted by Crippen LogP contribution is -2.36. The molecule has 0 fully saturated rings. The van der Waals surface area contributed by atoms with Crippen LogP contribution in [-0.2, 0) is 14.4 Å². The van der Waals surface area contributed by atoms with Gasteiger partial charge in [0.1, 0.15) is 6.54 Å². The Morgan fingerprint density at radius 1 is 1.07 bits per heavy atom. The smallest absolute Gasteiger partial charge is 0.323 e. The van der Waals surface area contributed by atoms with Crippen LogP contribution in [-0.4, -0.2) is 46.0 Å². The van der Waals surface area contributed by atoms with Gasteiger partial charge in [-0.25, -0.2) is 0 Å². The molecule has 0 aromatic carbocycles. The fourth-order valence-corrected chi connectivity index (χ4v) is 1.10. The SMILES string of the molecule is CCCN(CC(=O)O)C(=O)CCC(=O)O. The summed E-state index contributed by atoms with van der Waals surface area (Å²) in [5, 5.41) is 16.9. The lowest BCUT2D eigenvalue weighted by atomic mass is 10.2. The molecule has 0 saturated carbocycles. The highest BCUT2D eigenvalue weighted by molar-refractivity contribution is 5.83. The molecule has 0 aliphatic rings. The van der Waals surface area contributed by atoms with E-state index in [4.69, 9.17) is 10.2 Å².